The maximum atomic E-state index is 12.2. The monoisotopic (exact) mass is 582 g/mol. The van der Waals surface area contributed by atoms with Gasteiger partial charge < -0.3 is 20.2 Å². The number of nitrogens with one attached hydrogen (secondary N) is 1. The minimum atomic E-state index is -0.711. The third kappa shape index (κ3) is 7.61. The maximum Gasteiger partial charge on any atom is 0.228 e. The van der Waals surface area contributed by atoms with Crippen LogP contribution in [0.5, 0.6) is 0 Å². The first-order chi connectivity index (χ1) is 18.9. The van der Waals surface area contributed by atoms with Crippen molar-refractivity contribution in [2.45, 2.75) is 51.0 Å². The topological polar surface area (TPSA) is 120 Å². The van der Waals surface area contributed by atoms with Gasteiger partial charge in [-0.2, -0.15) is 13.5 Å². The van der Waals surface area contributed by atoms with Gasteiger partial charge in [-0.15, -0.1) is 12.6 Å². The Bertz CT molecular complexity index is 1250. The van der Waals surface area contributed by atoms with Crippen LogP contribution in [-0.2, 0) is 4.79 Å². The molecule has 1 saturated carbocycles. The molecule has 12 heteroatoms. The Balaban J connectivity index is 0.000000405. The fourth-order valence-electron chi connectivity index (χ4n) is 5.08. The van der Waals surface area contributed by atoms with E-state index in [1.54, 1.807) is 6.20 Å². The molecule has 1 aliphatic carbocycles. The molecule has 0 spiro atoms. The van der Waals surface area contributed by atoms with Crippen LogP contribution in [-0.4, -0.2) is 61.0 Å². The molecule has 2 N–H and O–H groups in total. The lowest BCUT2D eigenvalue weighted by Crippen LogP contribution is -2.26. The van der Waals surface area contributed by atoms with Crippen LogP contribution in [0, 0.1) is 24.7 Å². The van der Waals surface area contributed by atoms with Crippen LogP contribution in [0.15, 0.2) is 49.3 Å². The Morgan fingerprint density at radius 2 is 1.90 bits per heavy atom. The van der Waals surface area contributed by atoms with Crippen molar-refractivity contribution in [3.63, 3.8) is 0 Å². The van der Waals surface area contributed by atoms with E-state index >= 15 is 0 Å². The van der Waals surface area contributed by atoms with Gasteiger partial charge in [0.1, 0.15) is 35.5 Å². The van der Waals surface area contributed by atoms with Gasteiger partial charge in [-0.05, 0) is 56.2 Å². The minimum absolute atomic E-state index is 0. The molecule has 3 aromatic rings. The fraction of sp³-hybridized carbons (Fsp3) is 0.500. The number of anilines is 3. The summed E-state index contributed by atoms with van der Waals surface area (Å²) in [7, 11) is 0. The molecule has 40 heavy (non-hydrogen) atoms. The second-order valence-electron chi connectivity index (χ2n) is 10.7. The second-order valence-corrected chi connectivity index (χ2v) is 11.3. The Hall–Kier alpha value is -2.96. The SMILES string of the molecule is CC1CCN(c2ccc(C3CC([C@@H](O)S)CN3c3cc(NC(=O)C4CC4)ncn3)cn2)C1.Cc1ccncn1.S. The van der Waals surface area contributed by atoms with Crippen LogP contribution < -0.4 is 15.1 Å². The third-order valence-corrected chi connectivity index (χ3v) is 7.96. The van der Waals surface area contributed by atoms with Crippen LogP contribution in [0.1, 0.15) is 49.9 Å². The van der Waals surface area contributed by atoms with Gasteiger partial charge in [0.2, 0.25) is 5.91 Å². The molecule has 3 aromatic heterocycles. The van der Waals surface area contributed by atoms with Gasteiger partial charge in [-0.1, -0.05) is 13.0 Å². The van der Waals surface area contributed by atoms with Crippen molar-refractivity contribution in [2.75, 3.05) is 34.8 Å². The van der Waals surface area contributed by atoms with Crippen molar-refractivity contribution < 1.29 is 9.90 Å². The summed E-state index contributed by atoms with van der Waals surface area (Å²) in [4.78, 5) is 37.7. The molecule has 0 radical (unpaired) electrons. The molecule has 3 fully saturated rings. The average molecular weight is 583 g/mol. The lowest BCUT2D eigenvalue weighted by molar-refractivity contribution is -0.117. The number of aliphatic hydroxyl groups is 1. The molecule has 0 aromatic carbocycles. The fourth-order valence-corrected chi connectivity index (χ4v) is 5.30. The van der Waals surface area contributed by atoms with Crippen molar-refractivity contribution in [2.24, 2.45) is 17.8 Å². The van der Waals surface area contributed by atoms with Gasteiger partial charge in [0.15, 0.2) is 0 Å². The highest BCUT2D eigenvalue weighted by molar-refractivity contribution is 7.80. The lowest BCUT2D eigenvalue weighted by Gasteiger charge is -2.26. The number of aromatic nitrogens is 5. The van der Waals surface area contributed by atoms with Crippen LogP contribution in [0.3, 0.4) is 0 Å². The second kappa shape index (κ2) is 13.6. The highest BCUT2D eigenvalue weighted by Gasteiger charge is 2.37. The minimum Gasteiger partial charge on any atom is -0.382 e. The summed E-state index contributed by atoms with van der Waals surface area (Å²) < 4.78 is 0. The zero-order valence-electron chi connectivity index (χ0n) is 22.9. The summed E-state index contributed by atoms with van der Waals surface area (Å²) >= 11 is 4.29. The van der Waals surface area contributed by atoms with Crippen LogP contribution in [0.25, 0.3) is 0 Å². The molecule has 3 aliphatic rings. The quantitative estimate of drug-likeness (QED) is 0.295. The van der Waals surface area contributed by atoms with Gasteiger partial charge >= 0.3 is 0 Å². The van der Waals surface area contributed by atoms with Gasteiger partial charge in [0, 0.05) is 55.6 Å². The van der Waals surface area contributed by atoms with Crippen molar-refractivity contribution in [1.82, 2.24) is 24.9 Å². The van der Waals surface area contributed by atoms with Crippen molar-refractivity contribution in [1.29, 1.82) is 0 Å². The zero-order valence-corrected chi connectivity index (χ0v) is 24.8. The van der Waals surface area contributed by atoms with Crippen LogP contribution in [0.4, 0.5) is 17.5 Å². The number of nitrogens with zero attached hydrogens (tertiary/aromatic N) is 7. The number of aryl methyl sites for hydroxylation is 1. The molecule has 4 atom stereocenters. The molecule has 6 rings (SSSR count). The number of carbonyl (C=O) groups is 1. The van der Waals surface area contributed by atoms with E-state index in [1.165, 1.54) is 19.1 Å². The van der Waals surface area contributed by atoms with Gasteiger partial charge in [0.05, 0.1) is 6.04 Å². The van der Waals surface area contributed by atoms with Crippen molar-refractivity contribution in [3.8, 4) is 0 Å². The standard InChI is InChI=1S/C23H30N6O2S.C5H6N2.H2S/c1-14-6-7-28(11-14)20-5-4-16(10-24-20)18-8-17(23(31)32)12-29(18)21-9-19(25-13-26-21)27-22(30)15-2-3-15;1-5-2-3-6-4-7-5;/h4-5,9-10,13-15,17-18,23,31-32H,2-3,6-8,11-12H2,1H3,(H,25,26,27,30);2-4H,1H3;1H2/t14?,17?,18?,23-;;/m0../s1. The molecule has 3 unspecified atom stereocenters. The molecule has 1 amide bonds. The number of hydrogen-bond donors (Lipinski definition) is 3. The van der Waals surface area contributed by atoms with E-state index in [0.717, 1.165) is 55.2 Å². The predicted octanol–water partition coefficient (Wildman–Crippen LogP) is 3.78. The van der Waals surface area contributed by atoms with Crippen LogP contribution >= 0.6 is 26.1 Å². The summed E-state index contributed by atoms with van der Waals surface area (Å²) in [5, 5.41) is 13.1. The number of amides is 1. The smallest absolute Gasteiger partial charge is 0.228 e. The molecule has 5 heterocycles. The van der Waals surface area contributed by atoms with E-state index in [2.05, 4.69) is 66.7 Å². The maximum absolute atomic E-state index is 12.2. The van der Waals surface area contributed by atoms with E-state index < -0.39 is 5.44 Å². The van der Waals surface area contributed by atoms with E-state index in [4.69, 9.17) is 4.98 Å². The number of thiol groups is 1. The largest absolute Gasteiger partial charge is 0.382 e. The number of hydrogen-bond acceptors (Lipinski definition) is 10. The summed E-state index contributed by atoms with van der Waals surface area (Å²) in [5.41, 5.74) is 1.38. The molecular formula is C28H38N8O2S2. The molecule has 2 saturated heterocycles. The Morgan fingerprint density at radius 3 is 2.48 bits per heavy atom. The normalized spacial score (nSPS) is 22.6. The lowest BCUT2D eigenvalue weighted by atomic mass is 10.0. The van der Waals surface area contributed by atoms with Gasteiger partial charge in [0.25, 0.3) is 0 Å². The summed E-state index contributed by atoms with van der Waals surface area (Å²) in [6, 6.07) is 7.92. The molecular weight excluding hydrogens is 544 g/mol. The Morgan fingerprint density at radius 1 is 1.07 bits per heavy atom. The predicted molar refractivity (Wildman–Crippen MR) is 164 cm³/mol. The third-order valence-electron chi connectivity index (χ3n) is 7.53. The van der Waals surface area contributed by atoms with Crippen molar-refractivity contribution in [3.05, 3.63) is 60.6 Å². The Labute approximate surface area is 247 Å². The van der Waals surface area contributed by atoms with Crippen molar-refractivity contribution >= 4 is 49.5 Å². The number of carbonyl (C=O) groups excluding carboxylic acids is 1. The highest BCUT2D eigenvalue weighted by atomic mass is 32.1. The summed E-state index contributed by atoms with van der Waals surface area (Å²) in [6.07, 6.45) is 10.5. The number of aliphatic hydroxyl groups excluding tert-OH is 1. The van der Waals surface area contributed by atoms with Gasteiger partial charge in [-0.3, -0.25) is 4.79 Å². The molecule has 214 valence electrons. The first kappa shape index (κ1) is 30.0. The first-order valence-corrected chi connectivity index (χ1v) is 14.1. The molecule has 2 aliphatic heterocycles. The van der Waals surface area contributed by atoms with E-state index in [1.807, 2.05) is 25.3 Å². The Kier molecular flexibility index (Phi) is 10.2. The van der Waals surface area contributed by atoms with E-state index in [9.17, 15) is 9.90 Å². The first-order valence-electron chi connectivity index (χ1n) is 13.6. The molecule has 0 bridgehead atoms. The summed E-state index contributed by atoms with van der Waals surface area (Å²) in [6.45, 7) is 6.92. The highest BCUT2D eigenvalue weighted by Crippen LogP contribution is 2.40. The van der Waals surface area contributed by atoms with E-state index in [-0.39, 0.29) is 37.3 Å². The average Bonchev–Trinajstić information content (AvgIpc) is 3.55. The van der Waals surface area contributed by atoms with Gasteiger partial charge in [-0.25, -0.2) is 24.9 Å². The number of rotatable bonds is 6. The number of pyridine rings is 1. The molecule has 10 nitrogen and oxygen atoms in total. The van der Waals surface area contributed by atoms with E-state index in [0.29, 0.717) is 18.3 Å². The summed E-state index contributed by atoms with van der Waals surface area (Å²) in [5.74, 6) is 3.09. The zero-order chi connectivity index (χ0) is 27.4. The van der Waals surface area contributed by atoms with Crippen LogP contribution in [0.2, 0.25) is 0 Å².